The van der Waals surface area contributed by atoms with Crippen molar-refractivity contribution in [2.75, 3.05) is 23.7 Å². The minimum Gasteiger partial charge on any atom is -0.354 e. The number of nitrogens with zero attached hydrogens (tertiary/aromatic N) is 1. The van der Waals surface area contributed by atoms with Crippen molar-refractivity contribution in [3.8, 4) is 0 Å². The Hall–Kier alpha value is -1.93. The fraction of sp³-hybridized carbons (Fsp3) is 0.278. The summed E-state index contributed by atoms with van der Waals surface area (Å²) in [6, 6.07) is 11.1. The van der Waals surface area contributed by atoms with Gasteiger partial charge in [-0.25, -0.2) is 12.8 Å². The minimum absolute atomic E-state index is 0.302. The van der Waals surface area contributed by atoms with Crippen LogP contribution in [-0.4, -0.2) is 33.7 Å². The van der Waals surface area contributed by atoms with Crippen LogP contribution in [0.25, 0.3) is 0 Å². The van der Waals surface area contributed by atoms with Crippen LogP contribution in [0.2, 0.25) is 0 Å². The standard InChI is InChI=1S/C18H20BrFN2O3S/c1-13-11-16(7-8-17(13)19)22(26(2,24)25)12-18(23)21-10-9-14-3-5-15(20)6-4-14/h3-8,11H,9-10,12H2,1-2H3,(H,21,23). The molecule has 0 unspecified atom stereocenters. The van der Waals surface area contributed by atoms with Gasteiger partial charge in [0, 0.05) is 11.0 Å². The summed E-state index contributed by atoms with van der Waals surface area (Å²) < 4.78 is 39.0. The zero-order valence-electron chi connectivity index (χ0n) is 14.5. The first-order valence-corrected chi connectivity index (χ1v) is 10.6. The van der Waals surface area contributed by atoms with Gasteiger partial charge in [-0.2, -0.15) is 0 Å². The highest BCUT2D eigenvalue weighted by Crippen LogP contribution is 2.24. The second kappa shape index (κ2) is 8.64. The van der Waals surface area contributed by atoms with Crippen LogP contribution in [0.3, 0.4) is 0 Å². The third-order valence-electron chi connectivity index (χ3n) is 3.77. The van der Waals surface area contributed by atoms with Crippen molar-refractivity contribution in [2.24, 2.45) is 0 Å². The summed E-state index contributed by atoms with van der Waals surface area (Å²) in [5.74, 6) is -0.718. The van der Waals surface area contributed by atoms with Crippen molar-refractivity contribution in [3.05, 3.63) is 63.9 Å². The highest BCUT2D eigenvalue weighted by atomic mass is 79.9. The topological polar surface area (TPSA) is 66.5 Å². The van der Waals surface area contributed by atoms with E-state index < -0.39 is 15.9 Å². The number of sulfonamides is 1. The number of amides is 1. The average molecular weight is 443 g/mol. The van der Waals surface area contributed by atoms with E-state index in [1.807, 2.05) is 6.92 Å². The second-order valence-corrected chi connectivity index (χ2v) is 8.69. The molecule has 1 amide bonds. The number of aryl methyl sites for hydroxylation is 1. The van der Waals surface area contributed by atoms with Crippen molar-refractivity contribution in [1.29, 1.82) is 0 Å². The van der Waals surface area contributed by atoms with Crippen LogP contribution >= 0.6 is 15.9 Å². The highest BCUT2D eigenvalue weighted by molar-refractivity contribution is 9.10. The molecule has 0 aliphatic heterocycles. The summed E-state index contributed by atoms with van der Waals surface area (Å²) in [4.78, 5) is 12.2. The SMILES string of the molecule is Cc1cc(N(CC(=O)NCCc2ccc(F)cc2)S(C)(=O)=O)ccc1Br. The van der Waals surface area contributed by atoms with Gasteiger partial charge in [-0.15, -0.1) is 0 Å². The zero-order valence-corrected chi connectivity index (χ0v) is 16.9. The Kier molecular flexibility index (Phi) is 6.77. The van der Waals surface area contributed by atoms with Crippen LogP contribution in [0.5, 0.6) is 0 Å². The van der Waals surface area contributed by atoms with E-state index in [4.69, 9.17) is 0 Å². The van der Waals surface area contributed by atoms with Crippen LogP contribution in [0, 0.1) is 12.7 Å². The summed E-state index contributed by atoms with van der Waals surface area (Å²) in [5.41, 5.74) is 2.19. The zero-order chi connectivity index (χ0) is 19.3. The number of carbonyl (C=O) groups excluding carboxylic acids is 1. The molecule has 8 heteroatoms. The first kappa shape index (κ1) is 20.4. The molecule has 0 aliphatic rings. The highest BCUT2D eigenvalue weighted by Gasteiger charge is 2.21. The number of hydrogen-bond donors (Lipinski definition) is 1. The maximum atomic E-state index is 12.9. The Bertz CT molecular complexity index is 886. The molecule has 0 aromatic heterocycles. The summed E-state index contributed by atoms with van der Waals surface area (Å²) >= 11 is 3.37. The molecule has 2 aromatic rings. The summed E-state index contributed by atoms with van der Waals surface area (Å²) in [6.07, 6.45) is 1.60. The molecule has 5 nitrogen and oxygen atoms in total. The number of benzene rings is 2. The molecule has 2 aromatic carbocycles. The predicted molar refractivity (Wildman–Crippen MR) is 104 cm³/mol. The van der Waals surface area contributed by atoms with Gasteiger partial charge in [0.2, 0.25) is 15.9 Å². The monoisotopic (exact) mass is 442 g/mol. The molecule has 26 heavy (non-hydrogen) atoms. The number of hydrogen-bond acceptors (Lipinski definition) is 3. The van der Waals surface area contributed by atoms with E-state index >= 15 is 0 Å². The second-order valence-electron chi connectivity index (χ2n) is 5.93. The van der Waals surface area contributed by atoms with Crippen molar-refractivity contribution >= 4 is 37.5 Å². The van der Waals surface area contributed by atoms with E-state index in [1.165, 1.54) is 12.1 Å². The van der Waals surface area contributed by atoms with Crippen LogP contribution < -0.4 is 9.62 Å². The van der Waals surface area contributed by atoms with Crippen molar-refractivity contribution in [1.82, 2.24) is 5.32 Å². The lowest BCUT2D eigenvalue weighted by atomic mass is 10.1. The molecule has 140 valence electrons. The summed E-state index contributed by atoms with van der Waals surface area (Å²) in [7, 11) is -3.61. The third-order valence-corrected chi connectivity index (χ3v) is 5.80. The van der Waals surface area contributed by atoms with Gasteiger partial charge in [0.05, 0.1) is 11.9 Å². The Morgan fingerprint density at radius 3 is 2.42 bits per heavy atom. The van der Waals surface area contributed by atoms with Crippen LogP contribution in [0.15, 0.2) is 46.9 Å². The number of rotatable bonds is 7. The molecule has 2 rings (SSSR count). The lowest BCUT2D eigenvalue weighted by molar-refractivity contribution is -0.119. The maximum Gasteiger partial charge on any atom is 0.240 e. The Morgan fingerprint density at radius 1 is 1.19 bits per heavy atom. The Labute approximate surface area is 161 Å². The van der Waals surface area contributed by atoms with Crippen molar-refractivity contribution in [3.63, 3.8) is 0 Å². The fourth-order valence-corrected chi connectivity index (χ4v) is 3.46. The van der Waals surface area contributed by atoms with Gasteiger partial charge in [-0.05, 0) is 54.8 Å². The van der Waals surface area contributed by atoms with Crippen molar-refractivity contribution in [2.45, 2.75) is 13.3 Å². The van der Waals surface area contributed by atoms with Crippen LogP contribution in [0.1, 0.15) is 11.1 Å². The maximum absolute atomic E-state index is 12.9. The van der Waals surface area contributed by atoms with Gasteiger partial charge < -0.3 is 5.32 Å². The molecule has 0 saturated heterocycles. The average Bonchev–Trinajstić information content (AvgIpc) is 2.56. The summed E-state index contributed by atoms with van der Waals surface area (Å²) in [6.45, 7) is 1.88. The third kappa shape index (κ3) is 5.81. The van der Waals surface area contributed by atoms with E-state index in [0.29, 0.717) is 18.7 Å². The van der Waals surface area contributed by atoms with Gasteiger partial charge in [0.1, 0.15) is 12.4 Å². The quantitative estimate of drug-likeness (QED) is 0.716. The number of halogens is 2. The van der Waals surface area contributed by atoms with Crippen molar-refractivity contribution < 1.29 is 17.6 Å². The molecular formula is C18H20BrFN2O3S. The molecule has 1 N–H and O–H groups in total. The van der Waals surface area contributed by atoms with Gasteiger partial charge in [0.25, 0.3) is 0 Å². The smallest absolute Gasteiger partial charge is 0.240 e. The molecule has 0 saturated carbocycles. The Morgan fingerprint density at radius 2 is 1.85 bits per heavy atom. The molecular weight excluding hydrogens is 423 g/mol. The number of carbonyl (C=O) groups is 1. The van der Waals surface area contributed by atoms with E-state index in [0.717, 1.165) is 26.2 Å². The molecule has 0 heterocycles. The Balaban J connectivity index is 2.00. The largest absolute Gasteiger partial charge is 0.354 e. The van der Waals surface area contributed by atoms with E-state index in [2.05, 4.69) is 21.2 Å². The molecule has 0 spiro atoms. The number of nitrogens with one attached hydrogen (secondary N) is 1. The molecule has 0 fully saturated rings. The van der Waals surface area contributed by atoms with Crippen LogP contribution in [-0.2, 0) is 21.2 Å². The van der Waals surface area contributed by atoms with Gasteiger partial charge in [-0.3, -0.25) is 9.10 Å². The van der Waals surface area contributed by atoms with Gasteiger partial charge >= 0.3 is 0 Å². The molecule has 0 bridgehead atoms. The summed E-state index contributed by atoms with van der Waals surface area (Å²) in [5, 5.41) is 2.70. The van der Waals surface area contributed by atoms with Gasteiger partial charge in [0.15, 0.2) is 0 Å². The van der Waals surface area contributed by atoms with Gasteiger partial charge in [-0.1, -0.05) is 28.1 Å². The first-order chi connectivity index (χ1) is 12.2. The number of anilines is 1. The fourth-order valence-electron chi connectivity index (χ4n) is 2.37. The van der Waals surface area contributed by atoms with E-state index in [1.54, 1.807) is 30.3 Å². The molecule has 0 radical (unpaired) electrons. The van der Waals surface area contributed by atoms with E-state index in [-0.39, 0.29) is 12.4 Å². The van der Waals surface area contributed by atoms with Crippen LogP contribution in [0.4, 0.5) is 10.1 Å². The predicted octanol–water partition coefficient (Wildman–Crippen LogP) is 3.02. The van der Waals surface area contributed by atoms with E-state index in [9.17, 15) is 17.6 Å². The molecule has 0 atom stereocenters. The lowest BCUT2D eigenvalue weighted by Crippen LogP contribution is -2.41. The first-order valence-electron chi connectivity index (χ1n) is 7.92. The molecule has 0 aliphatic carbocycles. The minimum atomic E-state index is -3.61. The lowest BCUT2D eigenvalue weighted by Gasteiger charge is -2.22. The normalized spacial score (nSPS) is 11.2.